The van der Waals surface area contributed by atoms with Gasteiger partial charge in [0, 0.05) is 18.9 Å². The van der Waals surface area contributed by atoms with Crippen molar-refractivity contribution >= 4 is 21.7 Å². The van der Waals surface area contributed by atoms with Crippen molar-refractivity contribution < 1.29 is 13.2 Å². The number of rotatable bonds is 3. The Hall–Kier alpha value is -2.29. The molecule has 0 radical (unpaired) electrons. The third kappa shape index (κ3) is 2.67. The highest BCUT2D eigenvalue weighted by molar-refractivity contribution is 7.90. The summed E-state index contributed by atoms with van der Waals surface area (Å²) < 4.78 is 24.6. The standard InChI is InChI=1S/C11H13N5O3S/c1-7-8(5-4-6-9(7)20(3,18)19)10(17)12-11-13-14-15-16(11)2/h4-6H,1-3H3,(H,12,13,15,17). The van der Waals surface area contributed by atoms with Crippen LogP contribution in [0.4, 0.5) is 5.95 Å². The quantitative estimate of drug-likeness (QED) is 0.865. The zero-order chi connectivity index (χ0) is 14.9. The average molecular weight is 295 g/mol. The number of tetrazole rings is 1. The van der Waals surface area contributed by atoms with Gasteiger partial charge in [0.15, 0.2) is 9.84 Å². The summed E-state index contributed by atoms with van der Waals surface area (Å²) in [6.45, 7) is 1.58. The summed E-state index contributed by atoms with van der Waals surface area (Å²) in [5.41, 5.74) is 0.651. The summed E-state index contributed by atoms with van der Waals surface area (Å²) >= 11 is 0. The number of anilines is 1. The number of aryl methyl sites for hydroxylation is 1. The number of sulfone groups is 1. The molecular weight excluding hydrogens is 282 g/mol. The van der Waals surface area contributed by atoms with E-state index in [4.69, 9.17) is 0 Å². The SMILES string of the molecule is Cc1c(C(=O)Nc2nnnn2C)cccc1S(C)(=O)=O. The Balaban J connectivity index is 2.39. The molecule has 1 amide bonds. The molecule has 0 aliphatic heterocycles. The van der Waals surface area contributed by atoms with E-state index in [1.54, 1.807) is 20.0 Å². The molecule has 0 aliphatic carbocycles. The van der Waals surface area contributed by atoms with Crippen LogP contribution in [0.25, 0.3) is 0 Å². The second kappa shape index (κ2) is 5.00. The van der Waals surface area contributed by atoms with Crippen molar-refractivity contribution in [3.63, 3.8) is 0 Å². The average Bonchev–Trinajstić information content (AvgIpc) is 2.73. The van der Waals surface area contributed by atoms with E-state index >= 15 is 0 Å². The molecule has 0 saturated carbocycles. The molecule has 1 aromatic carbocycles. The van der Waals surface area contributed by atoms with Gasteiger partial charge in [-0.2, -0.15) is 0 Å². The Bertz CT molecular complexity index is 766. The number of benzene rings is 1. The van der Waals surface area contributed by atoms with E-state index in [1.807, 2.05) is 0 Å². The van der Waals surface area contributed by atoms with Crippen molar-refractivity contribution in [3.05, 3.63) is 29.3 Å². The lowest BCUT2D eigenvalue weighted by atomic mass is 10.1. The van der Waals surface area contributed by atoms with Crippen molar-refractivity contribution in [3.8, 4) is 0 Å². The molecular formula is C11H13N5O3S. The van der Waals surface area contributed by atoms with E-state index < -0.39 is 15.7 Å². The lowest BCUT2D eigenvalue weighted by molar-refractivity contribution is 0.102. The molecule has 0 saturated heterocycles. The minimum atomic E-state index is -3.39. The van der Waals surface area contributed by atoms with Crippen LogP contribution in [0.15, 0.2) is 23.1 Å². The van der Waals surface area contributed by atoms with Gasteiger partial charge in [-0.25, -0.2) is 13.1 Å². The van der Waals surface area contributed by atoms with Crippen LogP contribution in [0.1, 0.15) is 15.9 Å². The van der Waals surface area contributed by atoms with Gasteiger partial charge in [0.25, 0.3) is 5.91 Å². The first-order chi connectivity index (χ1) is 9.30. The molecule has 0 aliphatic rings. The fourth-order valence-electron chi connectivity index (χ4n) is 1.77. The second-order valence-corrected chi connectivity index (χ2v) is 6.27. The molecule has 2 rings (SSSR count). The van der Waals surface area contributed by atoms with E-state index in [1.165, 1.54) is 16.8 Å². The van der Waals surface area contributed by atoms with Gasteiger partial charge in [-0.3, -0.25) is 10.1 Å². The third-order valence-electron chi connectivity index (χ3n) is 2.77. The number of aromatic nitrogens is 4. The Morgan fingerprint density at radius 2 is 2.05 bits per heavy atom. The van der Waals surface area contributed by atoms with Crippen LogP contribution in [0.3, 0.4) is 0 Å². The maximum absolute atomic E-state index is 12.1. The Morgan fingerprint density at radius 3 is 2.60 bits per heavy atom. The van der Waals surface area contributed by atoms with Crippen LogP contribution in [-0.2, 0) is 16.9 Å². The van der Waals surface area contributed by atoms with Crippen LogP contribution >= 0.6 is 0 Å². The molecule has 9 heteroatoms. The molecule has 106 valence electrons. The number of carbonyl (C=O) groups excluding carboxylic acids is 1. The first-order valence-corrected chi connectivity index (χ1v) is 7.53. The van der Waals surface area contributed by atoms with Crippen molar-refractivity contribution in [2.45, 2.75) is 11.8 Å². The van der Waals surface area contributed by atoms with Crippen LogP contribution in [0.2, 0.25) is 0 Å². The number of hydrogen-bond acceptors (Lipinski definition) is 6. The summed E-state index contributed by atoms with van der Waals surface area (Å²) in [5, 5.41) is 13.1. The molecule has 20 heavy (non-hydrogen) atoms. The maximum atomic E-state index is 12.1. The number of carbonyl (C=O) groups is 1. The third-order valence-corrected chi connectivity index (χ3v) is 4.01. The van der Waals surface area contributed by atoms with Gasteiger partial charge in [-0.1, -0.05) is 11.2 Å². The van der Waals surface area contributed by atoms with Gasteiger partial charge in [0.05, 0.1) is 4.90 Å². The molecule has 1 heterocycles. The monoisotopic (exact) mass is 295 g/mol. The summed E-state index contributed by atoms with van der Waals surface area (Å²) in [7, 11) is -1.81. The topological polar surface area (TPSA) is 107 Å². The van der Waals surface area contributed by atoms with Gasteiger partial charge < -0.3 is 0 Å². The lowest BCUT2D eigenvalue weighted by Gasteiger charge is -2.09. The molecule has 1 aromatic heterocycles. The van der Waals surface area contributed by atoms with E-state index in [9.17, 15) is 13.2 Å². The first-order valence-electron chi connectivity index (χ1n) is 5.64. The van der Waals surface area contributed by atoms with E-state index in [0.717, 1.165) is 6.26 Å². The first kappa shape index (κ1) is 14.1. The predicted molar refractivity (Wildman–Crippen MR) is 71.0 cm³/mol. The van der Waals surface area contributed by atoms with E-state index in [2.05, 4.69) is 20.8 Å². The largest absolute Gasteiger partial charge is 0.289 e. The van der Waals surface area contributed by atoms with Crippen molar-refractivity contribution in [1.29, 1.82) is 0 Å². The van der Waals surface area contributed by atoms with E-state index in [-0.39, 0.29) is 16.4 Å². The minimum absolute atomic E-state index is 0.126. The van der Waals surface area contributed by atoms with Crippen molar-refractivity contribution in [1.82, 2.24) is 20.2 Å². The van der Waals surface area contributed by atoms with Gasteiger partial charge in [-0.05, 0) is 35.0 Å². The lowest BCUT2D eigenvalue weighted by Crippen LogP contribution is -2.17. The highest BCUT2D eigenvalue weighted by Gasteiger charge is 2.18. The van der Waals surface area contributed by atoms with Gasteiger partial charge in [-0.15, -0.1) is 0 Å². The van der Waals surface area contributed by atoms with Crippen molar-refractivity contribution in [2.75, 3.05) is 11.6 Å². The minimum Gasteiger partial charge on any atom is -0.289 e. The highest BCUT2D eigenvalue weighted by atomic mass is 32.2. The normalized spacial score (nSPS) is 11.3. The van der Waals surface area contributed by atoms with Crippen LogP contribution in [-0.4, -0.2) is 40.8 Å². The summed E-state index contributed by atoms with van der Waals surface area (Å²) in [4.78, 5) is 12.3. The number of hydrogen-bond donors (Lipinski definition) is 1. The van der Waals surface area contributed by atoms with Crippen LogP contribution in [0.5, 0.6) is 0 Å². The number of nitrogens with zero attached hydrogens (tertiary/aromatic N) is 4. The Morgan fingerprint density at radius 1 is 1.35 bits per heavy atom. The molecule has 2 aromatic rings. The van der Waals surface area contributed by atoms with Gasteiger partial charge >= 0.3 is 0 Å². The van der Waals surface area contributed by atoms with Crippen LogP contribution < -0.4 is 5.32 Å². The zero-order valence-electron chi connectivity index (χ0n) is 11.2. The highest BCUT2D eigenvalue weighted by Crippen LogP contribution is 2.19. The number of amides is 1. The molecule has 0 fully saturated rings. The number of nitrogens with one attached hydrogen (secondary N) is 1. The van der Waals surface area contributed by atoms with Gasteiger partial charge in [0.2, 0.25) is 5.95 Å². The fraction of sp³-hybridized carbons (Fsp3) is 0.273. The van der Waals surface area contributed by atoms with Crippen molar-refractivity contribution in [2.24, 2.45) is 7.05 Å². The zero-order valence-corrected chi connectivity index (χ0v) is 12.0. The summed E-state index contributed by atoms with van der Waals surface area (Å²) in [6, 6.07) is 4.53. The van der Waals surface area contributed by atoms with Gasteiger partial charge in [0.1, 0.15) is 0 Å². The molecule has 0 bridgehead atoms. The second-order valence-electron chi connectivity index (χ2n) is 4.28. The fourth-order valence-corrected chi connectivity index (χ4v) is 2.76. The summed E-state index contributed by atoms with van der Waals surface area (Å²) in [5.74, 6) is -0.287. The van der Waals surface area contributed by atoms with E-state index in [0.29, 0.717) is 5.56 Å². The Labute approximate surface area is 115 Å². The summed E-state index contributed by atoms with van der Waals surface area (Å²) in [6.07, 6.45) is 1.10. The van der Waals surface area contributed by atoms with Crippen LogP contribution in [0, 0.1) is 6.92 Å². The maximum Gasteiger partial charge on any atom is 0.258 e. The molecule has 1 N–H and O–H groups in total. The predicted octanol–water partition coefficient (Wildman–Crippen LogP) is 0.174. The molecule has 8 nitrogen and oxygen atoms in total. The smallest absolute Gasteiger partial charge is 0.258 e. The molecule has 0 atom stereocenters. The molecule has 0 unspecified atom stereocenters. The molecule has 0 spiro atoms. The Kier molecular flexibility index (Phi) is 3.53.